The van der Waals surface area contributed by atoms with E-state index in [0.29, 0.717) is 54.4 Å². The van der Waals surface area contributed by atoms with Crippen LogP contribution in [0.3, 0.4) is 0 Å². The monoisotopic (exact) mass is 647 g/mol. The molecular weight excluding hydrogens is 614 g/mol. The SMILES string of the molecule is CCOc1nc2cccc(C(=O)O)c2n1Cc1ccc(-c2ccccc2-c2nnn(C(C)OC(=O)OCCCCON(O)O)n2)cc1. The molecule has 246 valence electrons. The highest BCUT2D eigenvalue weighted by atomic mass is 17.1. The molecule has 5 aromatic rings. The summed E-state index contributed by atoms with van der Waals surface area (Å²) in [4.78, 5) is 34.1. The van der Waals surface area contributed by atoms with Gasteiger partial charge in [0.25, 0.3) is 6.01 Å². The number of hydrogen-bond donors (Lipinski definition) is 3. The van der Waals surface area contributed by atoms with Gasteiger partial charge in [-0.15, -0.1) is 15.0 Å². The van der Waals surface area contributed by atoms with Crippen LogP contribution in [-0.4, -0.2) is 82.6 Å². The number of rotatable bonds is 15. The molecule has 0 saturated carbocycles. The van der Waals surface area contributed by atoms with Crippen LogP contribution in [0.2, 0.25) is 0 Å². The number of hydrogen-bond acceptors (Lipinski definition) is 13. The van der Waals surface area contributed by atoms with E-state index in [9.17, 15) is 14.7 Å². The Kier molecular flexibility index (Phi) is 10.7. The van der Waals surface area contributed by atoms with Crippen molar-refractivity contribution in [3.8, 4) is 28.5 Å². The molecule has 16 heteroatoms. The molecule has 0 amide bonds. The lowest BCUT2D eigenvalue weighted by atomic mass is 9.98. The number of benzene rings is 3. The summed E-state index contributed by atoms with van der Waals surface area (Å²) in [6.07, 6.45) is -0.986. The molecule has 3 aromatic carbocycles. The minimum absolute atomic E-state index is 0.0344. The van der Waals surface area contributed by atoms with Crippen LogP contribution in [0.1, 0.15) is 48.8 Å². The number of aromatic carboxylic acids is 1. The average molecular weight is 648 g/mol. The Labute approximate surface area is 268 Å². The predicted molar refractivity (Wildman–Crippen MR) is 163 cm³/mol. The van der Waals surface area contributed by atoms with Crippen molar-refractivity contribution >= 4 is 23.2 Å². The first-order chi connectivity index (χ1) is 22.7. The smallest absolute Gasteiger partial charge is 0.478 e. The van der Waals surface area contributed by atoms with E-state index < -0.39 is 18.4 Å². The zero-order valence-corrected chi connectivity index (χ0v) is 25.6. The molecule has 0 spiro atoms. The Bertz CT molecular complexity index is 1820. The highest BCUT2D eigenvalue weighted by Gasteiger charge is 2.20. The van der Waals surface area contributed by atoms with Crippen LogP contribution in [0, 0.1) is 0 Å². The van der Waals surface area contributed by atoms with Gasteiger partial charge in [-0.1, -0.05) is 54.6 Å². The first-order valence-corrected chi connectivity index (χ1v) is 14.7. The number of imidazole rings is 1. The number of unbranched alkanes of at least 4 members (excludes halogenated alkanes) is 1. The van der Waals surface area contributed by atoms with Crippen molar-refractivity contribution in [2.24, 2.45) is 0 Å². The lowest BCUT2D eigenvalue weighted by molar-refractivity contribution is -0.492. The van der Waals surface area contributed by atoms with Gasteiger partial charge in [0.2, 0.25) is 12.1 Å². The van der Waals surface area contributed by atoms with Crippen molar-refractivity contribution in [2.75, 3.05) is 19.8 Å². The Morgan fingerprint density at radius 3 is 2.43 bits per heavy atom. The second kappa shape index (κ2) is 15.2. The molecule has 0 radical (unpaired) electrons. The maximum Gasteiger partial charge on any atom is 0.510 e. The highest BCUT2D eigenvalue weighted by Crippen LogP contribution is 2.31. The van der Waals surface area contributed by atoms with Gasteiger partial charge in [0.15, 0.2) is 0 Å². The minimum Gasteiger partial charge on any atom is -0.478 e. The fourth-order valence-electron chi connectivity index (χ4n) is 4.84. The fourth-order valence-corrected chi connectivity index (χ4v) is 4.84. The van der Waals surface area contributed by atoms with E-state index in [0.717, 1.165) is 21.5 Å². The molecule has 0 bridgehead atoms. The van der Waals surface area contributed by atoms with E-state index in [1.165, 1.54) is 0 Å². The Morgan fingerprint density at radius 2 is 1.70 bits per heavy atom. The molecule has 1 atom stereocenters. The molecule has 0 aliphatic carbocycles. The van der Waals surface area contributed by atoms with Crippen LogP contribution in [0.5, 0.6) is 6.01 Å². The van der Waals surface area contributed by atoms with E-state index in [-0.39, 0.29) is 24.2 Å². The van der Waals surface area contributed by atoms with Crippen molar-refractivity contribution in [1.82, 2.24) is 35.1 Å². The van der Waals surface area contributed by atoms with Gasteiger partial charge in [0.1, 0.15) is 0 Å². The van der Waals surface area contributed by atoms with Crippen LogP contribution in [-0.2, 0) is 20.9 Å². The fraction of sp³-hybridized carbons (Fsp3) is 0.290. The van der Waals surface area contributed by atoms with Crippen molar-refractivity contribution < 1.29 is 44.2 Å². The molecule has 2 heterocycles. The van der Waals surface area contributed by atoms with Gasteiger partial charge in [0.05, 0.1) is 48.4 Å². The zero-order valence-electron chi connectivity index (χ0n) is 25.6. The number of carbonyl (C=O) groups excluding carboxylic acids is 1. The number of carboxylic acids is 1. The molecule has 5 rings (SSSR count). The molecule has 0 aliphatic rings. The van der Waals surface area contributed by atoms with Gasteiger partial charge < -0.3 is 19.3 Å². The highest BCUT2D eigenvalue weighted by molar-refractivity contribution is 6.01. The van der Waals surface area contributed by atoms with E-state index in [1.807, 2.05) is 55.5 Å². The number of tetrazole rings is 1. The summed E-state index contributed by atoms with van der Waals surface area (Å²) in [6.45, 7) is 4.22. The van der Waals surface area contributed by atoms with Crippen LogP contribution in [0.25, 0.3) is 33.5 Å². The summed E-state index contributed by atoms with van der Waals surface area (Å²) in [7, 11) is 0. The number of carboxylic acid groups (broad SMARTS) is 1. The molecule has 0 aliphatic heterocycles. The van der Waals surface area contributed by atoms with Crippen molar-refractivity contribution in [3.05, 3.63) is 77.9 Å². The van der Waals surface area contributed by atoms with Gasteiger partial charge in [-0.3, -0.25) is 19.8 Å². The summed E-state index contributed by atoms with van der Waals surface area (Å²) in [5, 5.41) is 39.0. The van der Waals surface area contributed by atoms with Crippen LogP contribution >= 0.6 is 0 Å². The van der Waals surface area contributed by atoms with Crippen molar-refractivity contribution in [1.29, 1.82) is 0 Å². The van der Waals surface area contributed by atoms with Crippen molar-refractivity contribution in [2.45, 2.75) is 39.5 Å². The second-order valence-corrected chi connectivity index (χ2v) is 10.2. The van der Waals surface area contributed by atoms with E-state index in [2.05, 4.69) is 25.2 Å². The number of nitrogens with zero attached hydrogens (tertiary/aromatic N) is 7. The lowest BCUT2D eigenvalue weighted by Crippen LogP contribution is -2.19. The summed E-state index contributed by atoms with van der Waals surface area (Å²) in [5.41, 5.74) is 4.52. The standard InChI is InChI=1S/C31H33N7O9/c1-3-44-30-32-26-12-8-11-25(29(39)40)27(26)36(30)19-21-13-15-22(16-14-21)23-9-4-5-10-24(23)28-33-35-37(34-28)20(2)47-31(41)45-17-6-7-18-46-38(42)43/h4-5,8-16,20,42-43H,3,6-7,17-19H2,1-2H3,(H,39,40). The van der Waals surface area contributed by atoms with Gasteiger partial charge in [-0.25, -0.2) is 9.59 Å². The molecule has 0 fully saturated rings. The number of carbonyl (C=O) groups is 2. The van der Waals surface area contributed by atoms with Gasteiger partial charge >= 0.3 is 12.1 Å². The molecule has 1 unspecified atom stereocenters. The summed E-state index contributed by atoms with van der Waals surface area (Å²) in [6, 6.07) is 20.7. The van der Waals surface area contributed by atoms with Crippen LogP contribution in [0.4, 0.5) is 4.79 Å². The minimum atomic E-state index is -1.04. The third kappa shape index (κ3) is 8.06. The molecule has 0 saturated heterocycles. The summed E-state index contributed by atoms with van der Waals surface area (Å²) in [5.74, 6) is -0.723. The Morgan fingerprint density at radius 1 is 0.957 bits per heavy atom. The summed E-state index contributed by atoms with van der Waals surface area (Å²) < 4.78 is 17.8. The van der Waals surface area contributed by atoms with Gasteiger partial charge in [0, 0.05) is 5.56 Å². The first-order valence-electron chi connectivity index (χ1n) is 14.7. The maximum absolute atomic E-state index is 12.1. The number of para-hydroxylation sites is 1. The second-order valence-electron chi connectivity index (χ2n) is 10.2. The van der Waals surface area contributed by atoms with E-state index in [4.69, 9.17) is 24.6 Å². The summed E-state index contributed by atoms with van der Waals surface area (Å²) >= 11 is 0. The van der Waals surface area contributed by atoms with Crippen LogP contribution < -0.4 is 4.74 Å². The van der Waals surface area contributed by atoms with Gasteiger partial charge in [-0.2, -0.15) is 4.98 Å². The predicted octanol–water partition coefficient (Wildman–Crippen LogP) is 4.97. The number of fused-ring (bicyclic) bond motifs is 1. The lowest BCUT2D eigenvalue weighted by Gasteiger charge is -2.12. The molecule has 2 aromatic heterocycles. The molecule has 47 heavy (non-hydrogen) atoms. The third-order valence-corrected chi connectivity index (χ3v) is 6.99. The van der Waals surface area contributed by atoms with Gasteiger partial charge in [-0.05, 0) is 60.7 Å². The Hall–Kier alpha value is -5.42. The topological polar surface area (TPSA) is 196 Å². The number of aromatic nitrogens is 6. The maximum atomic E-state index is 12.1. The van der Waals surface area contributed by atoms with Crippen LogP contribution in [0.15, 0.2) is 66.7 Å². The van der Waals surface area contributed by atoms with Crippen molar-refractivity contribution in [3.63, 3.8) is 0 Å². The largest absolute Gasteiger partial charge is 0.510 e. The molecule has 16 nitrogen and oxygen atoms in total. The Balaban J connectivity index is 1.28. The quantitative estimate of drug-likeness (QED) is 0.0782. The van der Waals surface area contributed by atoms with E-state index in [1.54, 1.807) is 29.7 Å². The zero-order chi connectivity index (χ0) is 33.3. The molecular formula is C31H33N7O9. The average Bonchev–Trinajstić information content (AvgIpc) is 3.69. The number of ether oxygens (including phenoxy) is 3. The normalized spacial score (nSPS) is 11.9. The van der Waals surface area contributed by atoms with E-state index >= 15 is 0 Å². The molecule has 3 N–H and O–H groups in total. The third-order valence-electron chi connectivity index (χ3n) is 6.99. The first kappa shape index (κ1) is 33.0.